The quantitative estimate of drug-likeness (QED) is 0.484. The van der Waals surface area contributed by atoms with Gasteiger partial charge in [-0.1, -0.05) is 20.4 Å². The lowest BCUT2D eigenvalue weighted by Crippen LogP contribution is -2.19. The summed E-state index contributed by atoms with van der Waals surface area (Å²) in [5.41, 5.74) is 0.303. The van der Waals surface area contributed by atoms with Crippen molar-refractivity contribution in [3.05, 3.63) is 12.3 Å². The average molecular weight is 126 g/mol. The molecule has 0 saturated carbocycles. The molecule has 0 bridgehead atoms. The van der Waals surface area contributed by atoms with Crippen molar-refractivity contribution in [2.75, 3.05) is 0 Å². The molecule has 0 radical (unpaired) electrons. The molecule has 0 aliphatic carbocycles. The Morgan fingerprint density at radius 2 is 2.22 bits per heavy atom. The van der Waals surface area contributed by atoms with Crippen LogP contribution in [0.25, 0.3) is 0 Å². The molecule has 0 spiro atoms. The van der Waals surface area contributed by atoms with E-state index in [1.165, 1.54) is 0 Å². The van der Waals surface area contributed by atoms with Crippen molar-refractivity contribution in [2.45, 2.75) is 33.3 Å². The zero-order valence-corrected chi connectivity index (χ0v) is 6.40. The average Bonchev–Trinajstić information content (AvgIpc) is 1.79. The monoisotopic (exact) mass is 126 g/mol. The highest BCUT2D eigenvalue weighted by Gasteiger charge is 2.34. The molecule has 1 fully saturated rings. The van der Waals surface area contributed by atoms with Gasteiger partial charge in [0.2, 0.25) is 0 Å². The van der Waals surface area contributed by atoms with Crippen molar-refractivity contribution < 1.29 is 4.74 Å². The maximum atomic E-state index is 5.38. The van der Waals surface area contributed by atoms with Crippen molar-refractivity contribution in [3.8, 4) is 0 Å². The summed E-state index contributed by atoms with van der Waals surface area (Å²) in [6.07, 6.45) is 1.35. The second-order valence-corrected chi connectivity index (χ2v) is 3.46. The van der Waals surface area contributed by atoms with Gasteiger partial charge >= 0.3 is 0 Å². The van der Waals surface area contributed by atoms with Gasteiger partial charge < -0.3 is 4.74 Å². The maximum Gasteiger partial charge on any atom is 0.101 e. The fourth-order valence-electron chi connectivity index (χ4n) is 1.10. The van der Waals surface area contributed by atoms with Gasteiger partial charge in [-0.2, -0.15) is 0 Å². The zero-order valence-electron chi connectivity index (χ0n) is 6.40. The van der Waals surface area contributed by atoms with E-state index in [9.17, 15) is 0 Å². The maximum absolute atomic E-state index is 5.38. The summed E-state index contributed by atoms with van der Waals surface area (Å²) in [4.78, 5) is 0. The van der Waals surface area contributed by atoms with Gasteiger partial charge in [-0.15, -0.1) is 0 Å². The molecule has 1 saturated heterocycles. The Hall–Kier alpha value is -0.460. The van der Waals surface area contributed by atoms with E-state index in [2.05, 4.69) is 27.4 Å². The van der Waals surface area contributed by atoms with Crippen LogP contribution in [0.3, 0.4) is 0 Å². The lowest BCUT2D eigenvalue weighted by molar-refractivity contribution is 0.110. The van der Waals surface area contributed by atoms with Crippen molar-refractivity contribution in [1.29, 1.82) is 0 Å². The molecule has 52 valence electrons. The zero-order chi connectivity index (χ0) is 7.07. The summed E-state index contributed by atoms with van der Waals surface area (Å²) >= 11 is 0. The summed E-state index contributed by atoms with van der Waals surface area (Å²) in [6.45, 7) is 10.3. The van der Waals surface area contributed by atoms with E-state index in [1.54, 1.807) is 0 Å². The first-order valence-corrected chi connectivity index (χ1v) is 3.37. The van der Waals surface area contributed by atoms with Crippen LogP contribution < -0.4 is 0 Å². The normalized spacial score (nSPS) is 32.3. The van der Waals surface area contributed by atoms with Crippen LogP contribution in [0.2, 0.25) is 0 Å². The van der Waals surface area contributed by atoms with Crippen LogP contribution in [0.15, 0.2) is 12.3 Å². The standard InChI is InChI=1S/C8H14O/c1-6-5-8(3,4)7(2)9-6/h7H,1,5H2,2-4H3. The molecule has 1 nitrogen and oxygen atoms in total. The minimum atomic E-state index is 0.303. The molecule has 9 heavy (non-hydrogen) atoms. The number of allylic oxidation sites excluding steroid dienone is 1. The topological polar surface area (TPSA) is 9.23 Å². The van der Waals surface area contributed by atoms with Gasteiger partial charge in [-0.25, -0.2) is 0 Å². The van der Waals surface area contributed by atoms with E-state index in [1.807, 2.05) is 0 Å². The molecule has 0 aromatic heterocycles. The Kier molecular flexibility index (Phi) is 1.30. The molecule has 0 aromatic rings. The minimum Gasteiger partial charge on any atom is -0.495 e. The number of rotatable bonds is 0. The summed E-state index contributed by atoms with van der Waals surface area (Å²) < 4.78 is 5.38. The van der Waals surface area contributed by atoms with Crippen LogP contribution >= 0.6 is 0 Å². The largest absolute Gasteiger partial charge is 0.495 e. The van der Waals surface area contributed by atoms with E-state index in [-0.39, 0.29) is 0 Å². The Bertz CT molecular complexity index is 136. The summed E-state index contributed by atoms with van der Waals surface area (Å²) in [6, 6.07) is 0. The predicted molar refractivity (Wildman–Crippen MR) is 38.1 cm³/mol. The van der Waals surface area contributed by atoms with Gasteiger partial charge in [0.1, 0.15) is 6.10 Å². The lowest BCUT2D eigenvalue weighted by Gasteiger charge is -2.19. The third-order valence-electron chi connectivity index (χ3n) is 2.10. The molecule has 1 aliphatic rings. The van der Waals surface area contributed by atoms with E-state index >= 15 is 0 Å². The minimum absolute atomic E-state index is 0.303. The Morgan fingerprint density at radius 1 is 1.67 bits per heavy atom. The highest BCUT2D eigenvalue weighted by atomic mass is 16.5. The highest BCUT2D eigenvalue weighted by molar-refractivity contribution is 4.99. The van der Waals surface area contributed by atoms with E-state index in [0.29, 0.717) is 11.5 Å². The molecule has 1 unspecified atom stereocenters. The fraction of sp³-hybridized carbons (Fsp3) is 0.750. The predicted octanol–water partition coefficient (Wildman–Crippen LogP) is 2.34. The van der Waals surface area contributed by atoms with Crippen LogP contribution in [-0.2, 0) is 4.74 Å². The second-order valence-electron chi connectivity index (χ2n) is 3.46. The second kappa shape index (κ2) is 1.76. The fourth-order valence-corrected chi connectivity index (χ4v) is 1.10. The van der Waals surface area contributed by atoms with Gasteiger partial charge in [-0.05, 0) is 6.92 Å². The van der Waals surface area contributed by atoms with Crippen LogP contribution in [0.5, 0.6) is 0 Å². The molecular formula is C8H14O. The van der Waals surface area contributed by atoms with Crippen molar-refractivity contribution in [1.82, 2.24) is 0 Å². The molecule has 1 aliphatic heterocycles. The summed E-state index contributed by atoms with van der Waals surface area (Å²) in [5.74, 6) is 0.938. The molecule has 1 heteroatoms. The Labute approximate surface area is 56.7 Å². The first kappa shape index (κ1) is 6.66. The van der Waals surface area contributed by atoms with E-state index in [4.69, 9.17) is 4.74 Å². The highest BCUT2D eigenvalue weighted by Crippen LogP contribution is 2.38. The molecule has 0 aromatic carbocycles. The Morgan fingerprint density at radius 3 is 2.33 bits per heavy atom. The van der Waals surface area contributed by atoms with E-state index in [0.717, 1.165) is 12.2 Å². The van der Waals surface area contributed by atoms with Gasteiger partial charge in [0, 0.05) is 11.8 Å². The number of hydrogen-bond acceptors (Lipinski definition) is 1. The Balaban J connectivity index is 2.69. The van der Waals surface area contributed by atoms with Crippen molar-refractivity contribution >= 4 is 0 Å². The molecule has 1 atom stereocenters. The van der Waals surface area contributed by atoms with Crippen LogP contribution in [-0.4, -0.2) is 6.10 Å². The third-order valence-corrected chi connectivity index (χ3v) is 2.10. The molecule has 1 heterocycles. The van der Waals surface area contributed by atoms with Gasteiger partial charge in [0.25, 0.3) is 0 Å². The molecule has 0 amide bonds. The number of hydrogen-bond donors (Lipinski definition) is 0. The lowest BCUT2D eigenvalue weighted by atomic mass is 9.86. The third kappa shape index (κ3) is 1.09. The first-order valence-electron chi connectivity index (χ1n) is 3.37. The molecule has 1 rings (SSSR count). The summed E-state index contributed by atoms with van der Waals surface area (Å²) in [5, 5.41) is 0. The van der Waals surface area contributed by atoms with Crippen molar-refractivity contribution in [2.24, 2.45) is 5.41 Å². The molecular weight excluding hydrogens is 112 g/mol. The van der Waals surface area contributed by atoms with Crippen LogP contribution in [0.4, 0.5) is 0 Å². The first-order chi connectivity index (χ1) is 4.02. The van der Waals surface area contributed by atoms with Gasteiger partial charge in [-0.3, -0.25) is 0 Å². The number of ether oxygens (including phenoxy) is 1. The van der Waals surface area contributed by atoms with Crippen LogP contribution in [0.1, 0.15) is 27.2 Å². The van der Waals surface area contributed by atoms with Crippen molar-refractivity contribution in [3.63, 3.8) is 0 Å². The van der Waals surface area contributed by atoms with Gasteiger partial charge in [0.05, 0.1) is 5.76 Å². The molecule has 0 N–H and O–H groups in total. The van der Waals surface area contributed by atoms with E-state index < -0.39 is 0 Å². The SMILES string of the molecule is C=C1CC(C)(C)C(C)O1. The smallest absolute Gasteiger partial charge is 0.101 e. The summed E-state index contributed by atoms with van der Waals surface area (Å²) in [7, 11) is 0. The van der Waals surface area contributed by atoms with Gasteiger partial charge in [0.15, 0.2) is 0 Å². The van der Waals surface area contributed by atoms with Crippen LogP contribution in [0, 0.1) is 5.41 Å².